The van der Waals surface area contributed by atoms with Crippen molar-refractivity contribution in [3.63, 3.8) is 0 Å². The van der Waals surface area contributed by atoms with Crippen LogP contribution in [0.2, 0.25) is 5.02 Å². The van der Waals surface area contributed by atoms with Gasteiger partial charge in [0.25, 0.3) is 0 Å². The number of hydrogen-bond donors (Lipinski definition) is 1. The molecule has 0 fully saturated rings. The summed E-state index contributed by atoms with van der Waals surface area (Å²) in [6.45, 7) is 2.96. The molecule has 0 saturated heterocycles. The summed E-state index contributed by atoms with van der Waals surface area (Å²) in [4.78, 5) is 0. The zero-order valence-electron chi connectivity index (χ0n) is 10.8. The van der Waals surface area contributed by atoms with Crippen LogP contribution in [0.15, 0.2) is 24.3 Å². The summed E-state index contributed by atoms with van der Waals surface area (Å²) in [5.41, 5.74) is 1.08. The Morgan fingerprint density at radius 1 is 1.28 bits per heavy atom. The summed E-state index contributed by atoms with van der Waals surface area (Å²) in [5, 5.41) is 4.06. The molecule has 102 valence electrons. The van der Waals surface area contributed by atoms with Crippen LogP contribution in [0, 0.1) is 0 Å². The van der Waals surface area contributed by atoms with Crippen LogP contribution in [0.3, 0.4) is 0 Å². The minimum Gasteiger partial charge on any atom is -0.310 e. The van der Waals surface area contributed by atoms with Crippen LogP contribution in [0.5, 0.6) is 0 Å². The second-order valence-electron chi connectivity index (χ2n) is 4.48. The first kappa shape index (κ1) is 15.5. The van der Waals surface area contributed by atoms with Gasteiger partial charge in [-0.15, -0.1) is 0 Å². The molecule has 5 heteroatoms. The van der Waals surface area contributed by atoms with Gasteiger partial charge in [-0.25, -0.2) is 8.42 Å². The molecule has 0 amide bonds. The highest BCUT2D eigenvalue weighted by Crippen LogP contribution is 2.20. The van der Waals surface area contributed by atoms with E-state index in [1.807, 2.05) is 24.3 Å². The van der Waals surface area contributed by atoms with Crippen molar-refractivity contribution >= 4 is 21.4 Å². The minimum absolute atomic E-state index is 0.0666. The summed E-state index contributed by atoms with van der Waals surface area (Å²) in [7, 11) is -2.93. The molecule has 1 atom stereocenters. The molecule has 0 bridgehead atoms. The third kappa shape index (κ3) is 5.85. The standard InChI is InChI=1S/C13H20ClNO2S/c1-3-9-15-13(8-10-18(2,16)17)11-4-6-12(14)7-5-11/h4-7,13,15H,3,8-10H2,1-2H3. The zero-order chi connectivity index (χ0) is 13.6. The van der Waals surface area contributed by atoms with E-state index in [9.17, 15) is 8.42 Å². The van der Waals surface area contributed by atoms with Gasteiger partial charge in [-0.1, -0.05) is 30.7 Å². The number of hydrogen-bond acceptors (Lipinski definition) is 3. The normalized spacial score (nSPS) is 13.5. The van der Waals surface area contributed by atoms with E-state index < -0.39 is 9.84 Å². The summed E-state index contributed by atoms with van der Waals surface area (Å²) >= 11 is 5.85. The second-order valence-corrected chi connectivity index (χ2v) is 7.17. The van der Waals surface area contributed by atoms with Crippen molar-refractivity contribution in [1.82, 2.24) is 5.32 Å². The molecule has 0 radical (unpaired) electrons. The van der Waals surface area contributed by atoms with Crippen molar-refractivity contribution in [2.75, 3.05) is 18.6 Å². The minimum atomic E-state index is -2.93. The third-order valence-electron chi connectivity index (χ3n) is 2.69. The van der Waals surface area contributed by atoms with E-state index >= 15 is 0 Å². The number of nitrogens with one attached hydrogen (secondary N) is 1. The van der Waals surface area contributed by atoms with Gasteiger partial charge in [0.15, 0.2) is 0 Å². The highest BCUT2D eigenvalue weighted by atomic mass is 35.5. The van der Waals surface area contributed by atoms with Crippen LogP contribution < -0.4 is 5.32 Å². The first-order valence-corrected chi connectivity index (χ1v) is 8.53. The lowest BCUT2D eigenvalue weighted by Gasteiger charge is -2.18. The molecule has 1 aromatic carbocycles. The van der Waals surface area contributed by atoms with Crippen molar-refractivity contribution < 1.29 is 8.42 Å². The maximum atomic E-state index is 11.2. The van der Waals surface area contributed by atoms with Gasteiger partial charge in [0, 0.05) is 17.3 Å². The molecule has 1 N–H and O–H groups in total. The molecule has 0 spiro atoms. The van der Waals surface area contributed by atoms with Crippen molar-refractivity contribution in [3.8, 4) is 0 Å². The van der Waals surface area contributed by atoms with Crippen molar-refractivity contribution in [1.29, 1.82) is 0 Å². The maximum Gasteiger partial charge on any atom is 0.147 e. The summed E-state index contributed by atoms with van der Waals surface area (Å²) in [6.07, 6.45) is 2.87. The van der Waals surface area contributed by atoms with Crippen LogP contribution in [0.25, 0.3) is 0 Å². The van der Waals surface area contributed by atoms with Crippen molar-refractivity contribution in [3.05, 3.63) is 34.9 Å². The molecule has 1 unspecified atom stereocenters. The largest absolute Gasteiger partial charge is 0.310 e. The Morgan fingerprint density at radius 3 is 2.39 bits per heavy atom. The average Bonchev–Trinajstić information content (AvgIpc) is 2.29. The highest BCUT2D eigenvalue weighted by molar-refractivity contribution is 7.90. The Balaban J connectivity index is 2.74. The van der Waals surface area contributed by atoms with Gasteiger partial charge < -0.3 is 5.32 Å². The third-order valence-corrected chi connectivity index (χ3v) is 3.92. The molecule has 1 aromatic rings. The first-order chi connectivity index (χ1) is 8.42. The van der Waals surface area contributed by atoms with Gasteiger partial charge in [0.1, 0.15) is 9.84 Å². The van der Waals surface area contributed by atoms with Crippen molar-refractivity contribution in [2.24, 2.45) is 0 Å². The van der Waals surface area contributed by atoms with Gasteiger partial charge in [-0.05, 0) is 37.1 Å². The monoisotopic (exact) mass is 289 g/mol. The summed E-state index contributed by atoms with van der Waals surface area (Å²) in [6, 6.07) is 7.61. The molecule has 0 aromatic heterocycles. The van der Waals surface area contributed by atoms with Crippen molar-refractivity contribution in [2.45, 2.75) is 25.8 Å². The molecule has 0 aliphatic rings. The van der Waals surface area contributed by atoms with E-state index in [1.54, 1.807) is 0 Å². The predicted octanol–water partition coefficient (Wildman–Crippen LogP) is 2.82. The first-order valence-electron chi connectivity index (χ1n) is 6.09. The van der Waals surface area contributed by atoms with Crippen LogP contribution in [-0.4, -0.2) is 27.0 Å². The Labute approximate surface area is 114 Å². The van der Waals surface area contributed by atoms with E-state index in [1.165, 1.54) is 6.26 Å². The Kier molecular flexibility index (Phi) is 6.12. The Morgan fingerprint density at radius 2 is 1.89 bits per heavy atom. The topological polar surface area (TPSA) is 46.2 Å². The zero-order valence-corrected chi connectivity index (χ0v) is 12.4. The highest BCUT2D eigenvalue weighted by Gasteiger charge is 2.13. The van der Waals surface area contributed by atoms with Gasteiger partial charge >= 0.3 is 0 Å². The van der Waals surface area contributed by atoms with Gasteiger partial charge in [-0.3, -0.25) is 0 Å². The van der Waals surface area contributed by atoms with E-state index in [0.717, 1.165) is 18.5 Å². The molecule has 1 rings (SSSR count). The van der Waals surface area contributed by atoms with Crippen LogP contribution >= 0.6 is 11.6 Å². The second kappa shape index (κ2) is 7.12. The summed E-state index contributed by atoms with van der Waals surface area (Å²) in [5.74, 6) is 0.191. The molecular formula is C13H20ClNO2S. The van der Waals surface area contributed by atoms with E-state index in [4.69, 9.17) is 11.6 Å². The molecule has 18 heavy (non-hydrogen) atoms. The number of rotatable bonds is 7. The van der Waals surface area contributed by atoms with Gasteiger partial charge in [0.05, 0.1) is 5.75 Å². The van der Waals surface area contributed by atoms with Crippen LogP contribution in [0.1, 0.15) is 31.4 Å². The maximum absolute atomic E-state index is 11.2. The lowest BCUT2D eigenvalue weighted by Crippen LogP contribution is -2.24. The quantitative estimate of drug-likeness (QED) is 0.839. The molecule has 0 heterocycles. The van der Waals surface area contributed by atoms with E-state index in [0.29, 0.717) is 11.4 Å². The van der Waals surface area contributed by atoms with Gasteiger partial charge in [-0.2, -0.15) is 0 Å². The number of benzene rings is 1. The molecule has 3 nitrogen and oxygen atoms in total. The molecule has 0 saturated carbocycles. The molecular weight excluding hydrogens is 270 g/mol. The van der Waals surface area contributed by atoms with Gasteiger partial charge in [0.2, 0.25) is 0 Å². The SMILES string of the molecule is CCCNC(CCS(C)(=O)=O)c1ccc(Cl)cc1. The number of sulfone groups is 1. The lowest BCUT2D eigenvalue weighted by molar-refractivity contribution is 0.513. The Hall–Kier alpha value is -0.580. The fourth-order valence-electron chi connectivity index (χ4n) is 1.73. The average molecular weight is 290 g/mol. The predicted molar refractivity (Wildman–Crippen MR) is 76.8 cm³/mol. The van der Waals surface area contributed by atoms with Crippen LogP contribution in [0.4, 0.5) is 0 Å². The van der Waals surface area contributed by atoms with Crippen LogP contribution in [-0.2, 0) is 9.84 Å². The molecule has 0 aliphatic carbocycles. The van der Waals surface area contributed by atoms with E-state index in [-0.39, 0.29) is 11.8 Å². The Bertz CT molecular complexity index is 456. The summed E-state index contributed by atoms with van der Waals surface area (Å²) < 4.78 is 22.5. The smallest absolute Gasteiger partial charge is 0.147 e. The molecule has 0 aliphatic heterocycles. The number of halogens is 1. The fraction of sp³-hybridized carbons (Fsp3) is 0.538. The fourth-order valence-corrected chi connectivity index (χ4v) is 2.52. The van der Waals surface area contributed by atoms with E-state index in [2.05, 4.69) is 12.2 Å². The lowest BCUT2D eigenvalue weighted by atomic mass is 10.0.